The van der Waals surface area contributed by atoms with Crippen molar-refractivity contribution < 1.29 is 14.4 Å². The number of Topliss-reactive ketones (excluding diaryl/α,β-unsaturated/α-hetero) is 3. The quantitative estimate of drug-likeness (QED) is 0.630. The zero-order valence-electron chi connectivity index (χ0n) is 9.98. The number of ketones is 3. The highest BCUT2D eigenvalue weighted by atomic mass is 79.9. The minimum atomic E-state index is -0.565. The fourth-order valence-electron chi connectivity index (χ4n) is 1.54. The Morgan fingerprint density at radius 3 is 1.95 bits per heavy atom. The van der Waals surface area contributed by atoms with Crippen molar-refractivity contribution in [3.05, 3.63) is 56.2 Å². The Morgan fingerprint density at radius 2 is 1.47 bits per heavy atom. The second-order valence-electron chi connectivity index (χ2n) is 3.90. The normalized spacial score (nSPS) is 10.2. The summed E-state index contributed by atoms with van der Waals surface area (Å²) in [5.41, 5.74) is 0.808. The molecule has 0 aliphatic carbocycles. The lowest BCUT2D eigenvalue weighted by Gasteiger charge is -2.00. The van der Waals surface area contributed by atoms with Gasteiger partial charge in [-0.25, -0.2) is 0 Å². The molecular weight excluding hydrogens is 328 g/mol. The summed E-state index contributed by atoms with van der Waals surface area (Å²) >= 11 is 4.47. The van der Waals surface area contributed by atoms with Crippen LogP contribution in [0.15, 0.2) is 40.2 Å². The van der Waals surface area contributed by atoms with Gasteiger partial charge in [0.25, 0.3) is 0 Å². The molecule has 0 spiro atoms. The number of halogens is 1. The fraction of sp³-hybridized carbons (Fsp3) is 0.0714. The first kappa shape index (κ1) is 13.8. The van der Waals surface area contributed by atoms with Gasteiger partial charge in [0, 0.05) is 11.1 Å². The van der Waals surface area contributed by atoms with Gasteiger partial charge < -0.3 is 0 Å². The van der Waals surface area contributed by atoms with Crippen molar-refractivity contribution >= 4 is 44.6 Å². The largest absolute Gasteiger partial charge is 0.295 e. The minimum Gasteiger partial charge on any atom is -0.295 e. The molecule has 5 heteroatoms. The summed E-state index contributed by atoms with van der Waals surface area (Å²) in [7, 11) is 0. The summed E-state index contributed by atoms with van der Waals surface area (Å²) in [6.45, 7) is 1.45. The maximum Gasteiger partial charge on any atom is 0.243 e. The average molecular weight is 337 g/mol. The third-order valence-corrected chi connectivity index (χ3v) is 4.18. The first-order valence-electron chi connectivity index (χ1n) is 5.44. The molecule has 1 aromatic heterocycles. The van der Waals surface area contributed by atoms with E-state index in [9.17, 15) is 14.4 Å². The molecule has 1 aromatic carbocycles. The molecule has 3 nitrogen and oxygen atoms in total. The lowest BCUT2D eigenvalue weighted by atomic mass is 10.0. The van der Waals surface area contributed by atoms with E-state index in [1.54, 1.807) is 24.3 Å². The highest BCUT2D eigenvalue weighted by Gasteiger charge is 2.19. The predicted molar refractivity (Wildman–Crippen MR) is 77.1 cm³/mol. The smallest absolute Gasteiger partial charge is 0.243 e. The van der Waals surface area contributed by atoms with E-state index in [-0.39, 0.29) is 5.78 Å². The second kappa shape index (κ2) is 5.59. The number of carbonyl (C=O) groups excluding carboxylic acids is 3. The summed E-state index contributed by atoms with van der Waals surface area (Å²) in [6, 6.07) is 9.43. The summed E-state index contributed by atoms with van der Waals surface area (Å²) in [4.78, 5) is 35.5. The average Bonchev–Trinajstić information content (AvgIpc) is 2.84. The van der Waals surface area contributed by atoms with Crippen molar-refractivity contribution in [2.24, 2.45) is 0 Å². The van der Waals surface area contributed by atoms with Gasteiger partial charge in [-0.3, -0.25) is 14.4 Å². The summed E-state index contributed by atoms with van der Waals surface area (Å²) in [6.07, 6.45) is 0. The summed E-state index contributed by atoms with van der Waals surface area (Å²) in [5, 5.41) is 0. The molecule has 0 bridgehead atoms. The van der Waals surface area contributed by atoms with Crippen LogP contribution in [0.1, 0.15) is 37.3 Å². The van der Waals surface area contributed by atoms with Gasteiger partial charge in [0.1, 0.15) is 0 Å². The molecule has 0 unspecified atom stereocenters. The van der Waals surface area contributed by atoms with Crippen LogP contribution in [0.25, 0.3) is 0 Å². The molecule has 0 atom stereocenters. The van der Waals surface area contributed by atoms with Crippen LogP contribution in [-0.2, 0) is 0 Å². The molecule has 0 saturated heterocycles. The Kier molecular flexibility index (Phi) is 4.07. The van der Waals surface area contributed by atoms with Gasteiger partial charge in [-0.1, -0.05) is 24.3 Å². The monoisotopic (exact) mass is 336 g/mol. The second-order valence-corrected chi connectivity index (χ2v) is 6.36. The van der Waals surface area contributed by atoms with Crippen LogP contribution in [0.2, 0.25) is 0 Å². The molecule has 1 heterocycles. The van der Waals surface area contributed by atoms with E-state index in [0.717, 1.165) is 3.79 Å². The van der Waals surface area contributed by atoms with Crippen molar-refractivity contribution in [3.8, 4) is 0 Å². The lowest BCUT2D eigenvalue weighted by Crippen LogP contribution is -2.13. The zero-order valence-corrected chi connectivity index (χ0v) is 12.4. The van der Waals surface area contributed by atoms with E-state index < -0.39 is 11.6 Å². The van der Waals surface area contributed by atoms with Crippen LogP contribution in [0, 0.1) is 0 Å². The maximum absolute atomic E-state index is 12.0. The standard InChI is InChI=1S/C14H9BrO3S/c1-8(16)9-2-4-10(5-3-9)13(17)14(18)11-6-7-12(15)19-11/h2-7H,1H3. The number of carbonyl (C=O) groups is 3. The highest BCUT2D eigenvalue weighted by Crippen LogP contribution is 2.23. The molecule has 0 radical (unpaired) electrons. The zero-order chi connectivity index (χ0) is 14.0. The fourth-order valence-corrected chi connectivity index (χ4v) is 2.86. The maximum atomic E-state index is 12.0. The molecule has 0 saturated carbocycles. The van der Waals surface area contributed by atoms with Crippen molar-refractivity contribution in [2.45, 2.75) is 6.92 Å². The number of hydrogen-bond donors (Lipinski definition) is 0. The Balaban J connectivity index is 2.24. The van der Waals surface area contributed by atoms with Gasteiger partial charge in [0.05, 0.1) is 8.66 Å². The lowest BCUT2D eigenvalue weighted by molar-refractivity contribution is 0.0819. The highest BCUT2D eigenvalue weighted by molar-refractivity contribution is 9.11. The van der Waals surface area contributed by atoms with Gasteiger partial charge >= 0.3 is 0 Å². The number of thiophene rings is 1. The Bertz CT molecular complexity index is 656. The molecule has 96 valence electrons. The first-order valence-corrected chi connectivity index (χ1v) is 7.05. The molecule has 0 N–H and O–H groups in total. The van der Waals surface area contributed by atoms with E-state index >= 15 is 0 Å². The van der Waals surface area contributed by atoms with E-state index in [4.69, 9.17) is 0 Å². The summed E-state index contributed by atoms with van der Waals surface area (Å²) in [5.74, 6) is -1.18. The summed E-state index contributed by atoms with van der Waals surface area (Å²) < 4.78 is 0.801. The third-order valence-electron chi connectivity index (χ3n) is 2.56. The van der Waals surface area contributed by atoms with Gasteiger partial charge in [0.15, 0.2) is 5.78 Å². The van der Waals surface area contributed by atoms with Crippen molar-refractivity contribution in [1.29, 1.82) is 0 Å². The first-order chi connectivity index (χ1) is 8.99. The van der Waals surface area contributed by atoms with E-state index in [2.05, 4.69) is 15.9 Å². The van der Waals surface area contributed by atoms with E-state index in [0.29, 0.717) is 16.0 Å². The molecule has 0 amide bonds. The molecule has 0 aliphatic heterocycles. The van der Waals surface area contributed by atoms with Crippen LogP contribution in [0.4, 0.5) is 0 Å². The van der Waals surface area contributed by atoms with Crippen molar-refractivity contribution in [2.75, 3.05) is 0 Å². The van der Waals surface area contributed by atoms with E-state index in [1.807, 2.05) is 0 Å². The van der Waals surface area contributed by atoms with Crippen molar-refractivity contribution in [3.63, 3.8) is 0 Å². The van der Waals surface area contributed by atoms with Gasteiger partial charge in [-0.2, -0.15) is 0 Å². The number of rotatable bonds is 4. The van der Waals surface area contributed by atoms with Gasteiger partial charge in [0.2, 0.25) is 11.6 Å². The molecule has 0 aliphatic rings. The van der Waals surface area contributed by atoms with E-state index in [1.165, 1.54) is 30.4 Å². The Hall–Kier alpha value is -1.59. The number of hydrogen-bond acceptors (Lipinski definition) is 4. The minimum absolute atomic E-state index is 0.0764. The van der Waals surface area contributed by atoms with Gasteiger partial charge in [-0.05, 0) is 35.0 Å². The van der Waals surface area contributed by atoms with Gasteiger partial charge in [-0.15, -0.1) is 11.3 Å². The Labute approximate surface area is 122 Å². The van der Waals surface area contributed by atoms with Crippen LogP contribution in [0.5, 0.6) is 0 Å². The topological polar surface area (TPSA) is 51.2 Å². The van der Waals surface area contributed by atoms with Crippen LogP contribution < -0.4 is 0 Å². The molecule has 2 aromatic rings. The number of benzene rings is 1. The van der Waals surface area contributed by atoms with Crippen LogP contribution in [-0.4, -0.2) is 17.3 Å². The predicted octanol–water partition coefficient (Wildman–Crippen LogP) is 3.78. The molecule has 2 rings (SSSR count). The molecule has 0 fully saturated rings. The SMILES string of the molecule is CC(=O)c1ccc(C(=O)C(=O)c2ccc(Br)s2)cc1. The molecule has 19 heavy (non-hydrogen) atoms. The Morgan fingerprint density at radius 1 is 0.895 bits per heavy atom. The molecular formula is C14H9BrO3S. The van der Waals surface area contributed by atoms with Crippen LogP contribution in [0.3, 0.4) is 0 Å². The third kappa shape index (κ3) is 3.05. The van der Waals surface area contributed by atoms with Crippen LogP contribution >= 0.6 is 27.3 Å². The van der Waals surface area contributed by atoms with Crippen molar-refractivity contribution in [1.82, 2.24) is 0 Å².